The van der Waals surface area contributed by atoms with Crippen LogP contribution in [0.4, 0.5) is 5.82 Å². The number of aryl methyl sites for hydroxylation is 1. The molecule has 2 aliphatic rings. The van der Waals surface area contributed by atoms with Crippen molar-refractivity contribution in [1.29, 1.82) is 0 Å². The Morgan fingerprint density at radius 3 is 2.70 bits per heavy atom. The Morgan fingerprint density at radius 2 is 1.96 bits per heavy atom. The van der Waals surface area contributed by atoms with Crippen molar-refractivity contribution in [3.05, 3.63) is 17.6 Å². The minimum Gasteiger partial charge on any atom is -0.353 e. The standard InChI is InChI=1S/C16H24N6S/c1-11-12(2)19-16-17-10-18-22(16)15(11)21-8-13(14(9-21)23-3)20-6-4-5-7-20/h10,13-14H,4-9H2,1-3H3/t13-,14-/m1/s1. The third-order valence-electron chi connectivity index (χ3n) is 5.33. The molecule has 0 N–H and O–H groups in total. The van der Waals surface area contributed by atoms with Gasteiger partial charge in [0.05, 0.1) is 0 Å². The third-order valence-corrected chi connectivity index (χ3v) is 6.39. The number of hydrogen-bond donors (Lipinski definition) is 0. The van der Waals surface area contributed by atoms with E-state index in [0.717, 1.165) is 18.8 Å². The minimum absolute atomic E-state index is 0.638. The fourth-order valence-corrected chi connectivity index (χ4v) is 4.87. The molecule has 2 fully saturated rings. The predicted octanol–water partition coefficient (Wildman–Crippen LogP) is 1.76. The van der Waals surface area contributed by atoms with Crippen LogP contribution in [-0.2, 0) is 0 Å². The van der Waals surface area contributed by atoms with Crippen molar-refractivity contribution in [2.75, 3.05) is 37.3 Å². The van der Waals surface area contributed by atoms with Crippen LogP contribution in [0.5, 0.6) is 0 Å². The van der Waals surface area contributed by atoms with E-state index in [9.17, 15) is 0 Å². The van der Waals surface area contributed by atoms with Gasteiger partial charge in [0, 0.05) is 35.6 Å². The van der Waals surface area contributed by atoms with Gasteiger partial charge >= 0.3 is 0 Å². The van der Waals surface area contributed by atoms with E-state index in [-0.39, 0.29) is 0 Å². The van der Waals surface area contributed by atoms with Crippen LogP contribution in [0.15, 0.2) is 6.33 Å². The molecule has 0 bridgehead atoms. The molecule has 7 heteroatoms. The summed E-state index contributed by atoms with van der Waals surface area (Å²) < 4.78 is 1.91. The van der Waals surface area contributed by atoms with Gasteiger partial charge in [0.25, 0.3) is 5.78 Å². The molecule has 0 unspecified atom stereocenters. The second kappa shape index (κ2) is 5.94. The maximum absolute atomic E-state index is 4.55. The topological polar surface area (TPSA) is 49.6 Å². The fourth-order valence-electron chi connectivity index (χ4n) is 3.97. The Labute approximate surface area is 141 Å². The smallest absolute Gasteiger partial charge is 0.254 e. The molecule has 0 saturated carbocycles. The number of thioether (sulfide) groups is 1. The summed E-state index contributed by atoms with van der Waals surface area (Å²) in [6.45, 7) is 8.86. The lowest BCUT2D eigenvalue weighted by Crippen LogP contribution is -2.40. The normalized spacial score (nSPS) is 25.8. The van der Waals surface area contributed by atoms with Crippen LogP contribution >= 0.6 is 11.8 Å². The number of hydrogen-bond acceptors (Lipinski definition) is 6. The number of fused-ring (bicyclic) bond motifs is 1. The lowest BCUT2D eigenvalue weighted by molar-refractivity contribution is 0.264. The second-order valence-corrected chi connectivity index (χ2v) is 7.68. The second-order valence-electron chi connectivity index (χ2n) is 6.61. The lowest BCUT2D eigenvalue weighted by Gasteiger charge is -2.27. The molecule has 0 aromatic carbocycles. The minimum atomic E-state index is 0.638. The van der Waals surface area contributed by atoms with E-state index in [2.05, 4.69) is 45.0 Å². The summed E-state index contributed by atoms with van der Waals surface area (Å²) in [5.41, 5.74) is 2.26. The van der Waals surface area contributed by atoms with E-state index >= 15 is 0 Å². The Kier molecular flexibility index (Phi) is 3.93. The van der Waals surface area contributed by atoms with Gasteiger partial charge in [-0.2, -0.15) is 26.4 Å². The first kappa shape index (κ1) is 15.2. The molecule has 0 radical (unpaired) electrons. The van der Waals surface area contributed by atoms with Crippen LogP contribution in [0.1, 0.15) is 24.1 Å². The molecule has 2 aromatic heterocycles. The van der Waals surface area contributed by atoms with E-state index in [1.807, 2.05) is 16.3 Å². The summed E-state index contributed by atoms with van der Waals surface area (Å²) in [5.74, 6) is 1.87. The molecule has 0 aliphatic carbocycles. The van der Waals surface area contributed by atoms with Crippen molar-refractivity contribution in [2.45, 2.75) is 38.0 Å². The lowest BCUT2D eigenvalue weighted by atomic mass is 10.2. The van der Waals surface area contributed by atoms with Crippen molar-refractivity contribution in [3.8, 4) is 0 Å². The highest BCUT2D eigenvalue weighted by molar-refractivity contribution is 7.99. The van der Waals surface area contributed by atoms with E-state index < -0.39 is 0 Å². The van der Waals surface area contributed by atoms with E-state index in [1.165, 1.54) is 37.3 Å². The first-order valence-corrected chi connectivity index (χ1v) is 9.66. The molecule has 0 spiro atoms. The molecule has 2 saturated heterocycles. The summed E-state index contributed by atoms with van der Waals surface area (Å²) >= 11 is 2.00. The van der Waals surface area contributed by atoms with Crippen molar-refractivity contribution >= 4 is 23.4 Å². The fraction of sp³-hybridized carbons (Fsp3) is 0.688. The molecule has 4 heterocycles. The molecular weight excluding hydrogens is 308 g/mol. The molecule has 2 aromatic rings. The highest BCUT2D eigenvalue weighted by Gasteiger charge is 2.38. The highest BCUT2D eigenvalue weighted by Crippen LogP contribution is 2.33. The summed E-state index contributed by atoms with van der Waals surface area (Å²) in [7, 11) is 0. The van der Waals surface area contributed by atoms with Crippen molar-refractivity contribution < 1.29 is 0 Å². The molecule has 2 aliphatic heterocycles. The maximum atomic E-state index is 4.55. The maximum Gasteiger partial charge on any atom is 0.254 e. The molecule has 23 heavy (non-hydrogen) atoms. The summed E-state index contributed by atoms with van der Waals surface area (Å²) in [5, 5.41) is 5.07. The van der Waals surface area contributed by atoms with Gasteiger partial charge in [-0.1, -0.05) is 0 Å². The first-order chi connectivity index (χ1) is 11.2. The Bertz CT molecular complexity index is 708. The van der Waals surface area contributed by atoms with Crippen molar-refractivity contribution in [2.24, 2.45) is 0 Å². The van der Waals surface area contributed by atoms with Crippen LogP contribution in [0.25, 0.3) is 5.78 Å². The van der Waals surface area contributed by atoms with Crippen molar-refractivity contribution in [3.63, 3.8) is 0 Å². The molecule has 124 valence electrons. The summed E-state index contributed by atoms with van der Waals surface area (Å²) in [6.07, 6.45) is 6.54. The zero-order valence-corrected chi connectivity index (χ0v) is 14.9. The molecular formula is C16H24N6S. The van der Waals surface area contributed by atoms with Crippen LogP contribution in [-0.4, -0.2) is 68.2 Å². The monoisotopic (exact) mass is 332 g/mol. The number of anilines is 1. The van der Waals surface area contributed by atoms with E-state index in [1.54, 1.807) is 6.33 Å². The van der Waals surface area contributed by atoms with Gasteiger partial charge in [-0.15, -0.1) is 0 Å². The highest BCUT2D eigenvalue weighted by atomic mass is 32.2. The van der Waals surface area contributed by atoms with Crippen molar-refractivity contribution in [1.82, 2.24) is 24.5 Å². The average Bonchev–Trinajstić information content (AvgIpc) is 3.27. The predicted molar refractivity (Wildman–Crippen MR) is 94.4 cm³/mol. The van der Waals surface area contributed by atoms with Gasteiger partial charge in [0.2, 0.25) is 0 Å². The van der Waals surface area contributed by atoms with Gasteiger partial charge in [-0.25, -0.2) is 4.98 Å². The van der Waals surface area contributed by atoms with Gasteiger partial charge in [-0.3, -0.25) is 4.90 Å². The third kappa shape index (κ3) is 2.50. The SMILES string of the molecule is CS[C@@H]1CN(c2c(C)c(C)nc3ncnn23)C[C@H]1N1CCCC1. The number of rotatable bonds is 3. The van der Waals surface area contributed by atoms with Gasteiger partial charge in [0.1, 0.15) is 12.1 Å². The first-order valence-electron chi connectivity index (χ1n) is 8.37. The zero-order valence-electron chi connectivity index (χ0n) is 14.1. The Balaban J connectivity index is 1.71. The Hall–Kier alpha value is -1.34. The largest absolute Gasteiger partial charge is 0.353 e. The molecule has 0 amide bonds. The van der Waals surface area contributed by atoms with E-state index in [0.29, 0.717) is 17.1 Å². The van der Waals surface area contributed by atoms with Crippen LogP contribution in [0, 0.1) is 13.8 Å². The number of aromatic nitrogens is 4. The summed E-state index contributed by atoms with van der Waals surface area (Å²) in [6, 6.07) is 0.638. The number of nitrogens with zero attached hydrogens (tertiary/aromatic N) is 6. The van der Waals surface area contributed by atoms with Crippen LogP contribution in [0.2, 0.25) is 0 Å². The quantitative estimate of drug-likeness (QED) is 0.854. The van der Waals surface area contributed by atoms with E-state index in [4.69, 9.17) is 0 Å². The van der Waals surface area contributed by atoms with Gasteiger partial charge in [-0.05, 0) is 46.0 Å². The Morgan fingerprint density at radius 1 is 1.17 bits per heavy atom. The number of likely N-dealkylation sites (tertiary alicyclic amines) is 1. The van der Waals surface area contributed by atoms with Crippen LogP contribution in [0.3, 0.4) is 0 Å². The van der Waals surface area contributed by atoms with Crippen LogP contribution < -0.4 is 4.90 Å². The zero-order chi connectivity index (χ0) is 16.0. The molecule has 6 nitrogen and oxygen atoms in total. The van der Waals surface area contributed by atoms with Gasteiger partial charge in [0.15, 0.2) is 0 Å². The molecule has 2 atom stereocenters. The summed E-state index contributed by atoms with van der Waals surface area (Å²) in [4.78, 5) is 14.0. The van der Waals surface area contributed by atoms with Gasteiger partial charge < -0.3 is 4.90 Å². The average molecular weight is 332 g/mol. The molecule has 4 rings (SSSR count).